The molecule has 1 saturated heterocycles. The maximum Gasteiger partial charge on any atom is 0.268 e. The van der Waals surface area contributed by atoms with Crippen molar-refractivity contribution in [3.8, 4) is 0 Å². The highest BCUT2D eigenvalue weighted by atomic mass is 16.6. The molecule has 0 spiro atoms. The number of anilines is 2. The lowest BCUT2D eigenvalue weighted by Crippen LogP contribution is -2.47. The molecule has 1 unspecified atom stereocenters. The third kappa shape index (κ3) is 5.26. The van der Waals surface area contributed by atoms with E-state index in [1.165, 1.54) is 5.56 Å². The molecule has 0 bridgehead atoms. The van der Waals surface area contributed by atoms with Crippen molar-refractivity contribution in [1.29, 1.82) is 0 Å². The largest absolute Gasteiger partial charge is 0.382 e. The Hall–Kier alpha value is -3.71. The minimum atomic E-state index is -0.617. The number of hydrogen-bond donors (Lipinski definition) is 1. The van der Waals surface area contributed by atoms with Crippen LogP contribution in [0.15, 0.2) is 84.3 Å². The summed E-state index contributed by atoms with van der Waals surface area (Å²) in [4.78, 5) is 27.4. The Balaban J connectivity index is 1.16. The van der Waals surface area contributed by atoms with Crippen LogP contribution < -0.4 is 10.2 Å². The van der Waals surface area contributed by atoms with Gasteiger partial charge >= 0.3 is 0 Å². The number of hydrogen-bond acceptors (Lipinski definition) is 6. The summed E-state index contributed by atoms with van der Waals surface area (Å²) in [6.07, 6.45) is 4.58. The predicted octanol–water partition coefficient (Wildman–Crippen LogP) is 3.58. The fourth-order valence-corrected chi connectivity index (χ4v) is 4.44. The third-order valence-corrected chi connectivity index (χ3v) is 6.41. The van der Waals surface area contributed by atoms with E-state index >= 15 is 0 Å². The second-order valence-corrected chi connectivity index (χ2v) is 8.64. The first-order valence-electron chi connectivity index (χ1n) is 11.8. The Morgan fingerprint density at radius 2 is 1.68 bits per heavy atom. The summed E-state index contributed by atoms with van der Waals surface area (Å²) in [7, 11) is 0. The molecule has 174 valence electrons. The van der Waals surface area contributed by atoms with Crippen LogP contribution in [0.25, 0.3) is 0 Å². The maximum absolute atomic E-state index is 13.0. The molecule has 34 heavy (non-hydrogen) atoms. The van der Waals surface area contributed by atoms with Gasteiger partial charge in [0.05, 0.1) is 17.1 Å². The van der Waals surface area contributed by atoms with Crippen molar-refractivity contribution in [2.24, 2.45) is 5.16 Å². The number of pyridine rings is 1. The molecule has 1 N–H and O–H groups in total. The zero-order chi connectivity index (χ0) is 23.2. The molecule has 3 heterocycles. The van der Waals surface area contributed by atoms with Gasteiger partial charge in [0.25, 0.3) is 5.91 Å². The van der Waals surface area contributed by atoms with Crippen molar-refractivity contribution in [2.45, 2.75) is 18.9 Å². The predicted molar refractivity (Wildman–Crippen MR) is 134 cm³/mol. The van der Waals surface area contributed by atoms with Gasteiger partial charge in [-0.3, -0.25) is 14.7 Å². The third-order valence-electron chi connectivity index (χ3n) is 6.41. The highest BCUT2D eigenvalue weighted by molar-refractivity contribution is 6.06. The molecule has 2 aliphatic rings. The SMILES string of the molecule is O=C(Nc1ccccc1N1CCN(CCc2ccncc2)CC1)C1CC(c2ccccc2)=NO1. The number of nitrogens with one attached hydrogen (secondary N) is 1. The van der Waals surface area contributed by atoms with Gasteiger partial charge in [0, 0.05) is 51.5 Å². The fraction of sp³-hybridized carbons (Fsp3) is 0.296. The van der Waals surface area contributed by atoms with Crippen molar-refractivity contribution in [2.75, 3.05) is 42.9 Å². The lowest BCUT2D eigenvalue weighted by molar-refractivity contribution is -0.125. The van der Waals surface area contributed by atoms with Crippen LogP contribution in [-0.4, -0.2) is 60.3 Å². The second-order valence-electron chi connectivity index (χ2n) is 8.64. The summed E-state index contributed by atoms with van der Waals surface area (Å²) in [6.45, 7) is 4.87. The number of benzene rings is 2. The molecule has 2 aliphatic heterocycles. The monoisotopic (exact) mass is 455 g/mol. The van der Waals surface area contributed by atoms with Gasteiger partial charge in [0.1, 0.15) is 0 Å². The quantitative estimate of drug-likeness (QED) is 0.590. The van der Waals surface area contributed by atoms with Gasteiger partial charge in [-0.15, -0.1) is 0 Å². The lowest BCUT2D eigenvalue weighted by atomic mass is 10.0. The van der Waals surface area contributed by atoms with Gasteiger partial charge in [-0.25, -0.2) is 0 Å². The number of oxime groups is 1. The number of carbonyl (C=O) groups is 1. The highest BCUT2D eigenvalue weighted by Gasteiger charge is 2.30. The molecule has 0 radical (unpaired) electrons. The minimum Gasteiger partial charge on any atom is -0.382 e. The van der Waals surface area contributed by atoms with Gasteiger partial charge in [-0.2, -0.15) is 0 Å². The van der Waals surface area contributed by atoms with E-state index < -0.39 is 6.10 Å². The zero-order valence-electron chi connectivity index (χ0n) is 19.1. The molecule has 1 amide bonds. The number of amides is 1. The molecule has 0 aliphatic carbocycles. The minimum absolute atomic E-state index is 0.168. The number of carbonyl (C=O) groups excluding carboxylic acids is 1. The summed E-state index contributed by atoms with van der Waals surface area (Å²) < 4.78 is 0. The molecular weight excluding hydrogens is 426 g/mol. The van der Waals surface area contributed by atoms with E-state index in [9.17, 15) is 4.79 Å². The van der Waals surface area contributed by atoms with Crippen LogP contribution in [0.5, 0.6) is 0 Å². The van der Waals surface area contributed by atoms with E-state index in [0.29, 0.717) is 6.42 Å². The van der Waals surface area contributed by atoms with Crippen LogP contribution in [0.2, 0.25) is 0 Å². The van der Waals surface area contributed by atoms with Crippen molar-refractivity contribution < 1.29 is 9.63 Å². The number of nitrogens with zero attached hydrogens (tertiary/aromatic N) is 4. The summed E-state index contributed by atoms with van der Waals surface area (Å²) in [5.41, 5.74) is 4.97. The van der Waals surface area contributed by atoms with E-state index in [0.717, 1.165) is 61.8 Å². The smallest absolute Gasteiger partial charge is 0.268 e. The Labute approximate surface area is 200 Å². The summed E-state index contributed by atoms with van der Waals surface area (Å²) in [5.74, 6) is -0.168. The Bertz CT molecular complexity index is 1130. The second kappa shape index (κ2) is 10.5. The van der Waals surface area contributed by atoms with Gasteiger partial charge < -0.3 is 15.1 Å². The molecular formula is C27H29N5O2. The van der Waals surface area contributed by atoms with E-state index in [2.05, 4.69) is 43.5 Å². The van der Waals surface area contributed by atoms with E-state index in [1.807, 2.05) is 60.9 Å². The molecule has 1 fully saturated rings. The molecule has 7 heteroatoms. The van der Waals surface area contributed by atoms with Gasteiger partial charge in [0.2, 0.25) is 6.10 Å². The molecule has 3 aromatic rings. The summed E-state index contributed by atoms with van der Waals surface area (Å²) >= 11 is 0. The highest BCUT2D eigenvalue weighted by Crippen LogP contribution is 2.28. The van der Waals surface area contributed by atoms with Gasteiger partial charge in [0.15, 0.2) is 0 Å². The molecule has 1 aromatic heterocycles. The van der Waals surface area contributed by atoms with Crippen LogP contribution in [0.3, 0.4) is 0 Å². The Kier molecular flexibility index (Phi) is 6.81. The molecule has 7 nitrogen and oxygen atoms in total. The average molecular weight is 456 g/mol. The first-order valence-corrected chi connectivity index (χ1v) is 11.8. The number of aromatic nitrogens is 1. The van der Waals surface area contributed by atoms with Crippen molar-refractivity contribution >= 4 is 23.0 Å². The van der Waals surface area contributed by atoms with Crippen molar-refractivity contribution in [1.82, 2.24) is 9.88 Å². The van der Waals surface area contributed by atoms with Crippen molar-refractivity contribution in [3.05, 3.63) is 90.3 Å². The summed E-state index contributed by atoms with van der Waals surface area (Å²) in [5, 5.41) is 7.23. The van der Waals surface area contributed by atoms with Crippen molar-refractivity contribution in [3.63, 3.8) is 0 Å². The van der Waals surface area contributed by atoms with E-state index in [4.69, 9.17) is 4.84 Å². The van der Waals surface area contributed by atoms with E-state index in [-0.39, 0.29) is 5.91 Å². The normalized spacial score (nSPS) is 18.3. The number of para-hydroxylation sites is 2. The Morgan fingerprint density at radius 3 is 2.47 bits per heavy atom. The van der Waals surface area contributed by atoms with Crippen LogP contribution >= 0.6 is 0 Å². The van der Waals surface area contributed by atoms with Crippen LogP contribution in [-0.2, 0) is 16.1 Å². The Morgan fingerprint density at radius 1 is 0.941 bits per heavy atom. The molecule has 1 atom stereocenters. The number of rotatable bonds is 7. The molecule has 0 saturated carbocycles. The lowest BCUT2D eigenvalue weighted by Gasteiger charge is -2.37. The van der Waals surface area contributed by atoms with Gasteiger partial charge in [-0.1, -0.05) is 47.6 Å². The summed E-state index contributed by atoms with van der Waals surface area (Å²) in [6, 6.07) is 22.0. The number of piperazine rings is 1. The molecule has 2 aromatic carbocycles. The fourth-order valence-electron chi connectivity index (χ4n) is 4.44. The van der Waals surface area contributed by atoms with Crippen LogP contribution in [0.1, 0.15) is 17.5 Å². The molecule has 5 rings (SSSR count). The first-order chi connectivity index (χ1) is 16.8. The average Bonchev–Trinajstić information content (AvgIpc) is 3.40. The van der Waals surface area contributed by atoms with Gasteiger partial charge in [-0.05, 0) is 41.8 Å². The standard InChI is InChI=1S/C27H29N5O2/c33-27(26-20-24(30-34-26)22-6-2-1-3-7-22)29-23-8-4-5-9-25(23)32-18-16-31(17-19-32)15-12-21-10-13-28-14-11-21/h1-11,13-14,26H,12,15-20H2,(H,29,33). The zero-order valence-corrected chi connectivity index (χ0v) is 19.1. The topological polar surface area (TPSA) is 70.1 Å². The maximum atomic E-state index is 13.0. The van der Waals surface area contributed by atoms with Crippen LogP contribution in [0.4, 0.5) is 11.4 Å². The first kappa shape index (κ1) is 22.1. The van der Waals surface area contributed by atoms with E-state index in [1.54, 1.807) is 0 Å². The van der Waals surface area contributed by atoms with Crippen LogP contribution in [0, 0.1) is 0 Å².